The molecule has 24 heavy (non-hydrogen) atoms. The third kappa shape index (κ3) is 5.70. The summed E-state index contributed by atoms with van der Waals surface area (Å²) in [6.07, 6.45) is 4.65. The summed E-state index contributed by atoms with van der Waals surface area (Å²) in [6, 6.07) is 7.49. The van der Waals surface area contributed by atoms with E-state index >= 15 is 0 Å². The van der Waals surface area contributed by atoms with Crippen LogP contribution in [0, 0.1) is 0 Å². The maximum absolute atomic E-state index is 11.4. The molecule has 0 aliphatic heterocycles. The minimum Gasteiger partial charge on any atom is -0.482 e. The fraction of sp³-hybridized carbons (Fsp3) is 0.444. The summed E-state index contributed by atoms with van der Waals surface area (Å²) < 4.78 is 12.3. The SMILES string of the molecule is CCOC(=O)COc1cccc(-c2cn(CCC(C)(C)N)cn2)c1. The quantitative estimate of drug-likeness (QED) is 0.752. The van der Waals surface area contributed by atoms with Gasteiger partial charge in [-0.05, 0) is 39.3 Å². The van der Waals surface area contributed by atoms with Crippen molar-refractivity contribution in [3.8, 4) is 17.0 Å². The van der Waals surface area contributed by atoms with Crippen LogP contribution < -0.4 is 10.5 Å². The van der Waals surface area contributed by atoms with E-state index in [1.807, 2.05) is 42.8 Å². The van der Waals surface area contributed by atoms with Gasteiger partial charge in [-0.3, -0.25) is 0 Å². The van der Waals surface area contributed by atoms with Gasteiger partial charge in [0.15, 0.2) is 6.61 Å². The molecule has 0 amide bonds. The van der Waals surface area contributed by atoms with Crippen LogP contribution in [0.3, 0.4) is 0 Å². The lowest BCUT2D eigenvalue weighted by atomic mass is 10.0. The van der Waals surface area contributed by atoms with E-state index in [1.54, 1.807) is 19.3 Å². The number of hydrogen-bond donors (Lipinski definition) is 1. The van der Waals surface area contributed by atoms with Crippen molar-refractivity contribution in [1.29, 1.82) is 0 Å². The Balaban J connectivity index is 2.00. The highest BCUT2D eigenvalue weighted by molar-refractivity contribution is 5.71. The average molecular weight is 331 g/mol. The lowest BCUT2D eigenvalue weighted by molar-refractivity contribution is -0.145. The Kier molecular flexibility index (Phi) is 5.98. The van der Waals surface area contributed by atoms with Crippen molar-refractivity contribution in [3.05, 3.63) is 36.8 Å². The van der Waals surface area contributed by atoms with Gasteiger partial charge in [-0.2, -0.15) is 0 Å². The molecule has 0 saturated carbocycles. The Labute approximate surface area is 142 Å². The highest BCUT2D eigenvalue weighted by Gasteiger charge is 2.11. The minimum absolute atomic E-state index is 0.0999. The molecule has 0 bridgehead atoms. The largest absolute Gasteiger partial charge is 0.482 e. The molecule has 0 unspecified atom stereocenters. The third-order valence-corrected chi connectivity index (χ3v) is 3.44. The van der Waals surface area contributed by atoms with E-state index in [1.165, 1.54) is 0 Å². The molecule has 0 aliphatic carbocycles. The predicted molar refractivity (Wildman–Crippen MR) is 92.7 cm³/mol. The van der Waals surface area contributed by atoms with Crippen molar-refractivity contribution < 1.29 is 14.3 Å². The first-order valence-electron chi connectivity index (χ1n) is 8.07. The van der Waals surface area contributed by atoms with E-state index in [-0.39, 0.29) is 18.1 Å². The summed E-state index contributed by atoms with van der Waals surface area (Å²) in [5.41, 5.74) is 7.59. The zero-order valence-electron chi connectivity index (χ0n) is 14.5. The lowest BCUT2D eigenvalue weighted by Crippen LogP contribution is -2.32. The van der Waals surface area contributed by atoms with Crippen LogP contribution in [0.15, 0.2) is 36.8 Å². The molecule has 6 heteroatoms. The van der Waals surface area contributed by atoms with Gasteiger partial charge in [-0.25, -0.2) is 9.78 Å². The monoisotopic (exact) mass is 331 g/mol. The van der Waals surface area contributed by atoms with Crippen molar-refractivity contribution in [1.82, 2.24) is 9.55 Å². The molecule has 0 radical (unpaired) electrons. The topological polar surface area (TPSA) is 79.4 Å². The molecule has 0 spiro atoms. The second kappa shape index (κ2) is 7.97. The maximum atomic E-state index is 11.4. The number of nitrogens with two attached hydrogens (primary N) is 1. The van der Waals surface area contributed by atoms with Crippen LogP contribution >= 0.6 is 0 Å². The Morgan fingerprint density at radius 2 is 2.17 bits per heavy atom. The molecule has 0 atom stereocenters. The van der Waals surface area contributed by atoms with Crippen LogP contribution in [-0.2, 0) is 16.1 Å². The van der Waals surface area contributed by atoms with E-state index in [0.717, 1.165) is 24.2 Å². The van der Waals surface area contributed by atoms with Crippen molar-refractivity contribution in [2.75, 3.05) is 13.2 Å². The molecule has 0 saturated heterocycles. The van der Waals surface area contributed by atoms with E-state index in [9.17, 15) is 4.79 Å². The molecule has 1 heterocycles. The Hall–Kier alpha value is -2.34. The molecule has 2 N–H and O–H groups in total. The fourth-order valence-corrected chi connectivity index (χ4v) is 2.14. The van der Waals surface area contributed by atoms with Crippen LogP contribution in [0.1, 0.15) is 27.2 Å². The third-order valence-electron chi connectivity index (χ3n) is 3.44. The smallest absolute Gasteiger partial charge is 0.344 e. The van der Waals surface area contributed by atoms with Gasteiger partial charge in [-0.1, -0.05) is 12.1 Å². The number of carbonyl (C=O) groups excluding carboxylic acids is 1. The second-order valence-electron chi connectivity index (χ2n) is 6.36. The number of nitrogens with zero attached hydrogens (tertiary/aromatic N) is 2. The number of rotatable bonds is 8. The summed E-state index contributed by atoms with van der Waals surface area (Å²) in [5.74, 6) is 0.231. The van der Waals surface area contributed by atoms with Crippen molar-refractivity contribution in [2.24, 2.45) is 5.73 Å². The normalized spacial score (nSPS) is 11.3. The molecule has 1 aromatic heterocycles. The van der Waals surface area contributed by atoms with Crippen LogP contribution in [-0.4, -0.2) is 34.3 Å². The summed E-state index contributed by atoms with van der Waals surface area (Å²) >= 11 is 0. The van der Waals surface area contributed by atoms with E-state index in [4.69, 9.17) is 15.2 Å². The summed E-state index contributed by atoms with van der Waals surface area (Å²) in [4.78, 5) is 15.8. The summed E-state index contributed by atoms with van der Waals surface area (Å²) in [6.45, 7) is 6.84. The molecule has 6 nitrogen and oxygen atoms in total. The Morgan fingerprint density at radius 3 is 2.88 bits per heavy atom. The number of hydrogen-bond acceptors (Lipinski definition) is 5. The van der Waals surface area contributed by atoms with Gasteiger partial charge < -0.3 is 19.8 Å². The van der Waals surface area contributed by atoms with Crippen LogP contribution in [0.5, 0.6) is 5.75 Å². The molecular weight excluding hydrogens is 306 g/mol. The minimum atomic E-state index is -0.378. The standard InChI is InChI=1S/C18H25N3O3/c1-4-23-17(22)12-24-15-7-5-6-14(10-15)16-11-21(13-20-16)9-8-18(2,3)19/h5-7,10-11,13H,4,8-9,12,19H2,1-3H3. The van der Waals surface area contributed by atoms with Gasteiger partial charge in [0.05, 0.1) is 18.6 Å². The van der Waals surface area contributed by atoms with E-state index < -0.39 is 0 Å². The Bertz CT molecular complexity index is 674. The maximum Gasteiger partial charge on any atom is 0.344 e. The van der Waals surface area contributed by atoms with E-state index in [0.29, 0.717) is 12.4 Å². The number of aryl methyl sites for hydroxylation is 1. The molecular formula is C18H25N3O3. The first-order valence-corrected chi connectivity index (χ1v) is 8.07. The predicted octanol–water partition coefficient (Wildman–Crippen LogP) is 2.62. The fourth-order valence-electron chi connectivity index (χ4n) is 2.14. The number of carbonyl (C=O) groups is 1. The molecule has 2 aromatic rings. The van der Waals surface area contributed by atoms with Gasteiger partial charge in [0.25, 0.3) is 0 Å². The zero-order valence-corrected chi connectivity index (χ0v) is 14.5. The number of ether oxygens (including phenoxy) is 2. The van der Waals surface area contributed by atoms with Crippen LogP contribution in [0.4, 0.5) is 0 Å². The molecule has 1 aromatic carbocycles. The number of benzene rings is 1. The highest BCUT2D eigenvalue weighted by Crippen LogP contribution is 2.22. The second-order valence-corrected chi connectivity index (χ2v) is 6.36. The van der Waals surface area contributed by atoms with Gasteiger partial charge in [0, 0.05) is 23.8 Å². The van der Waals surface area contributed by atoms with Crippen molar-refractivity contribution in [2.45, 2.75) is 39.3 Å². The van der Waals surface area contributed by atoms with Gasteiger partial charge >= 0.3 is 5.97 Å². The van der Waals surface area contributed by atoms with Crippen molar-refractivity contribution in [3.63, 3.8) is 0 Å². The molecule has 130 valence electrons. The van der Waals surface area contributed by atoms with Crippen molar-refractivity contribution >= 4 is 5.97 Å². The highest BCUT2D eigenvalue weighted by atomic mass is 16.6. The van der Waals surface area contributed by atoms with Gasteiger partial charge in [-0.15, -0.1) is 0 Å². The molecule has 0 aliphatic rings. The molecule has 2 rings (SSSR count). The zero-order chi connectivity index (χ0) is 17.6. The van der Waals surface area contributed by atoms with Gasteiger partial charge in [0.2, 0.25) is 0 Å². The lowest BCUT2D eigenvalue weighted by Gasteiger charge is -2.17. The van der Waals surface area contributed by atoms with Gasteiger partial charge in [0.1, 0.15) is 5.75 Å². The summed E-state index contributed by atoms with van der Waals surface area (Å²) in [5, 5.41) is 0. The number of imidazole rings is 1. The molecule has 0 fully saturated rings. The first kappa shape index (κ1) is 18.0. The first-order chi connectivity index (χ1) is 11.4. The summed E-state index contributed by atoms with van der Waals surface area (Å²) in [7, 11) is 0. The number of esters is 1. The Morgan fingerprint density at radius 1 is 1.38 bits per heavy atom. The van der Waals surface area contributed by atoms with Crippen LogP contribution in [0.2, 0.25) is 0 Å². The van der Waals surface area contributed by atoms with Crippen LogP contribution in [0.25, 0.3) is 11.3 Å². The van der Waals surface area contributed by atoms with E-state index in [2.05, 4.69) is 4.98 Å². The average Bonchev–Trinajstić information content (AvgIpc) is 3.00. The number of aromatic nitrogens is 2.